The van der Waals surface area contributed by atoms with Gasteiger partial charge in [0.2, 0.25) is 0 Å². The molecule has 0 radical (unpaired) electrons. The molecule has 3 nitrogen and oxygen atoms in total. The summed E-state index contributed by atoms with van der Waals surface area (Å²) in [5, 5.41) is 4.45. The van der Waals surface area contributed by atoms with Crippen LogP contribution in [0.25, 0.3) is 0 Å². The van der Waals surface area contributed by atoms with E-state index in [1.54, 1.807) is 6.20 Å². The monoisotopic (exact) mass is 261 g/mol. The minimum absolute atomic E-state index is 0.228. The van der Waals surface area contributed by atoms with E-state index in [2.05, 4.69) is 34.3 Å². The quantitative estimate of drug-likeness (QED) is 0.889. The van der Waals surface area contributed by atoms with Gasteiger partial charge >= 0.3 is 0 Å². The molecule has 2 N–H and O–H groups in total. The molecular weight excluding hydrogens is 246 g/mol. The summed E-state index contributed by atoms with van der Waals surface area (Å²) in [7, 11) is 0. The fourth-order valence-corrected chi connectivity index (χ4v) is 2.85. The van der Waals surface area contributed by atoms with E-state index in [1.807, 2.05) is 12.3 Å². The number of hydrogen-bond acceptors (Lipinski definition) is 2. The Bertz CT molecular complexity index is 536. The van der Waals surface area contributed by atoms with Crippen LogP contribution < -0.4 is 5.32 Å². The second-order valence-corrected chi connectivity index (χ2v) is 5.23. The normalized spacial score (nSPS) is 19.8. The maximum atomic E-state index is 6.02. The molecule has 0 saturated heterocycles. The van der Waals surface area contributed by atoms with Gasteiger partial charge in [0.15, 0.2) is 0 Å². The summed E-state index contributed by atoms with van der Waals surface area (Å²) in [5.74, 6) is 0.984. The first kappa shape index (κ1) is 11.8. The fourth-order valence-electron chi connectivity index (χ4n) is 2.65. The van der Waals surface area contributed by atoms with E-state index in [1.165, 1.54) is 11.1 Å². The molecular formula is C14H16ClN3. The molecule has 1 aliphatic rings. The Morgan fingerprint density at radius 2 is 2.39 bits per heavy atom. The molecule has 1 aliphatic carbocycles. The average molecular weight is 262 g/mol. The molecule has 0 spiro atoms. The van der Waals surface area contributed by atoms with Crippen LogP contribution in [0.1, 0.15) is 42.4 Å². The zero-order chi connectivity index (χ0) is 12.5. The minimum Gasteiger partial charge on any atom is -0.347 e. The molecule has 94 valence electrons. The molecule has 3 rings (SSSR count). The number of nitrogens with one attached hydrogen (secondary N) is 2. The van der Waals surface area contributed by atoms with E-state index in [4.69, 9.17) is 11.6 Å². The highest BCUT2D eigenvalue weighted by molar-refractivity contribution is 6.30. The summed E-state index contributed by atoms with van der Waals surface area (Å²) >= 11 is 6.02. The maximum Gasteiger partial charge on any atom is 0.122 e. The summed E-state index contributed by atoms with van der Waals surface area (Å²) in [5.41, 5.74) is 2.74. The number of benzene rings is 1. The molecule has 2 atom stereocenters. The van der Waals surface area contributed by atoms with Gasteiger partial charge < -0.3 is 10.3 Å². The molecule has 18 heavy (non-hydrogen) atoms. The van der Waals surface area contributed by atoms with Crippen molar-refractivity contribution in [2.45, 2.75) is 31.8 Å². The lowest BCUT2D eigenvalue weighted by Crippen LogP contribution is -2.23. The van der Waals surface area contributed by atoms with Crippen LogP contribution in [-0.4, -0.2) is 9.97 Å². The fraction of sp³-hybridized carbons (Fsp3) is 0.357. The van der Waals surface area contributed by atoms with Crippen LogP contribution in [0.3, 0.4) is 0 Å². The molecule has 0 aliphatic heterocycles. The van der Waals surface area contributed by atoms with Crippen molar-refractivity contribution >= 4 is 11.6 Å². The first-order valence-corrected chi connectivity index (χ1v) is 6.65. The molecule has 0 fully saturated rings. The van der Waals surface area contributed by atoms with Gasteiger partial charge in [0.1, 0.15) is 5.82 Å². The smallest absolute Gasteiger partial charge is 0.122 e. The molecule has 2 unspecified atom stereocenters. The number of halogens is 1. The van der Waals surface area contributed by atoms with Gasteiger partial charge in [-0.05, 0) is 43.0 Å². The standard InChI is InChI=1S/C14H16ClN3/c1-9(14-16-6-7-17-14)18-13-5-2-10-8-11(15)3-4-12(10)13/h3-4,6-9,13,18H,2,5H2,1H3,(H,16,17). The topological polar surface area (TPSA) is 40.7 Å². The molecule has 0 amide bonds. The van der Waals surface area contributed by atoms with Crippen molar-refractivity contribution in [3.05, 3.63) is 52.6 Å². The zero-order valence-electron chi connectivity index (χ0n) is 10.3. The van der Waals surface area contributed by atoms with Gasteiger partial charge in [-0.15, -0.1) is 0 Å². The predicted molar refractivity (Wildman–Crippen MR) is 72.7 cm³/mol. The Balaban J connectivity index is 1.77. The first-order valence-electron chi connectivity index (χ1n) is 6.27. The number of rotatable bonds is 3. The van der Waals surface area contributed by atoms with Gasteiger partial charge in [0.05, 0.1) is 6.04 Å². The number of nitrogens with zero attached hydrogens (tertiary/aromatic N) is 1. The number of aromatic nitrogens is 2. The SMILES string of the molecule is CC(NC1CCc2cc(Cl)ccc21)c1ncc[nH]1. The number of fused-ring (bicyclic) bond motifs is 1. The molecule has 0 bridgehead atoms. The summed E-state index contributed by atoms with van der Waals surface area (Å²) in [6.07, 6.45) is 5.87. The van der Waals surface area contributed by atoms with Crippen LogP contribution in [0.5, 0.6) is 0 Å². The number of H-pyrrole nitrogens is 1. The van der Waals surface area contributed by atoms with Crippen LogP contribution in [0.2, 0.25) is 5.02 Å². The Morgan fingerprint density at radius 1 is 1.50 bits per heavy atom. The van der Waals surface area contributed by atoms with Gasteiger partial charge in [0, 0.05) is 23.5 Å². The Hall–Kier alpha value is -1.32. The van der Waals surface area contributed by atoms with Gasteiger partial charge in [0.25, 0.3) is 0 Å². The van der Waals surface area contributed by atoms with Crippen LogP contribution >= 0.6 is 11.6 Å². The molecule has 2 aromatic rings. The number of aryl methyl sites for hydroxylation is 1. The number of aromatic amines is 1. The lowest BCUT2D eigenvalue weighted by atomic mass is 10.1. The lowest BCUT2D eigenvalue weighted by Gasteiger charge is -2.19. The Kier molecular flexibility index (Phi) is 3.10. The zero-order valence-corrected chi connectivity index (χ0v) is 11.0. The molecule has 0 saturated carbocycles. The average Bonchev–Trinajstić information content (AvgIpc) is 2.98. The van der Waals surface area contributed by atoms with Crippen LogP contribution in [0.4, 0.5) is 0 Å². The first-order chi connectivity index (χ1) is 8.74. The van der Waals surface area contributed by atoms with E-state index in [0.717, 1.165) is 23.7 Å². The van der Waals surface area contributed by atoms with Gasteiger partial charge in [-0.2, -0.15) is 0 Å². The van der Waals surface area contributed by atoms with E-state index >= 15 is 0 Å². The van der Waals surface area contributed by atoms with Crippen molar-refractivity contribution in [2.24, 2.45) is 0 Å². The third-order valence-electron chi connectivity index (χ3n) is 3.56. The number of hydrogen-bond donors (Lipinski definition) is 2. The summed E-state index contributed by atoms with van der Waals surface area (Å²) < 4.78 is 0. The third-order valence-corrected chi connectivity index (χ3v) is 3.80. The molecule has 1 aromatic carbocycles. The highest BCUT2D eigenvalue weighted by Gasteiger charge is 2.24. The van der Waals surface area contributed by atoms with Crippen molar-refractivity contribution in [3.63, 3.8) is 0 Å². The van der Waals surface area contributed by atoms with Crippen LogP contribution in [0.15, 0.2) is 30.6 Å². The predicted octanol–water partition coefficient (Wildman–Crippen LogP) is 3.40. The van der Waals surface area contributed by atoms with Crippen molar-refractivity contribution in [1.29, 1.82) is 0 Å². The highest BCUT2D eigenvalue weighted by atomic mass is 35.5. The van der Waals surface area contributed by atoms with Crippen LogP contribution in [0, 0.1) is 0 Å². The highest BCUT2D eigenvalue weighted by Crippen LogP contribution is 2.34. The summed E-state index contributed by atoms with van der Waals surface area (Å²) in [6, 6.07) is 6.81. The van der Waals surface area contributed by atoms with Gasteiger partial charge in [-0.1, -0.05) is 17.7 Å². The lowest BCUT2D eigenvalue weighted by molar-refractivity contribution is 0.452. The second-order valence-electron chi connectivity index (χ2n) is 4.80. The minimum atomic E-state index is 0.228. The van der Waals surface area contributed by atoms with Crippen molar-refractivity contribution in [2.75, 3.05) is 0 Å². The van der Waals surface area contributed by atoms with E-state index in [9.17, 15) is 0 Å². The van der Waals surface area contributed by atoms with Crippen molar-refractivity contribution in [3.8, 4) is 0 Å². The molecule has 4 heteroatoms. The molecule has 1 heterocycles. The van der Waals surface area contributed by atoms with Crippen molar-refractivity contribution in [1.82, 2.24) is 15.3 Å². The summed E-state index contributed by atoms with van der Waals surface area (Å²) in [6.45, 7) is 2.13. The third kappa shape index (κ3) is 2.16. The van der Waals surface area contributed by atoms with E-state index in [-0.39, 0.29) is 6.04 Å². The Morgan fingerprint density at radius 3 is 3.17 bits per heavy atom. The van der Waals surface area contributed by atoms with E-state index in [0.29, 0.717) is 6.04 Å². The van der Waals surface area contributed by atoms with E-state index < -0.39 is 0 Å². The maximum absolute atomic E-state index is 6.02. The Labute approximate surface area is 112 Å². The number of imidazole rings is 1. The van der Waals surface area contributed by atoms with Gasteiger partial charge in [-0.3, -0.25) is 0 Å². The summed E-state index contributed by atoms with van der Waals surface area (Å²) in [4.78, 5) is 7.44. The molecule has 1 aromatic heterocycles. The second kappa shape index (κ2) is 4.75. The van der Waals surface area contributed by atoms with Crippen molar-refractivity contribution < 1.29 is 0 Å². The van der Waals surface area contributed by atoms with Crippen LogP contribution in [-0.2, 0) is 6.42 Å². The van der Waals surface area contributed by atoms with Gasteiger partial charge in [-0.25, -0.2) is 4.98 Å². The largest absolute Gasteiger partial charge is 0.347 e.